The van der Waals surface area contributed by atoms with E-state index in [-0.39, 0.29) is 29.0 Å². The monoisotopic (exact) mass is 333 g/mol. The third kappa shape index (κ3) is 5.47. The maximum Gasteiger partial charge on any atom is 0.305 e. The van der Waals surface area contributed by atoms with Gasteiger partial charge in [0.25, 0.3) is 5.91 Å². The first-order valence-electron chi connectivity index (χ1n) is 6.42. The molecule has 1 aromatic rings. The van der Waals surface area contributed by atoms with Gasteiger partial charge in [0.1, 0.15) is 4.21 Å². The third-order valence-electron chi connectivity index (χ3n) is 2.63. The van der Waals surface area contributed by atoms with Gasteiger partial charge in [0.2, 0.25) is 0 Å². The Morgan fingerprint density at radius 3 is 2.38 bits per heavy atom. The topological polar surface area (TPSA) is 91.8 Å². The summed E-state index contributed by atoms with van der Waals surface area (Å²) in [5, 5.41) is 8.74. The van der Waals surface area contributed by atoms with Gasteiger partial charge in [0.05, 0.1) is 11.3 Å². The number of rotatable bonds is 7. The fraction of sp³-hybridized carbons (Fsp3) is 0.538. The van der Waals surface area contributed by atoms with Gasteiger partial charge >= 0.3 is 5.97 Å². The molecule has 0 aliphatic rings. The summed E-state index contributed by atoms with van der Waals surface area (Å²) < 4.78 is 23.0. The molecule has 1 rings (SSSR count). The zero-order valence-electron chi connectivity index (χ0n) is 12.2. The Kier molecular flexibility index (Phi) is 5.91. The van der Waals surface area contributed by atoms with Crippen LogP contribution in [-0.4, -0.2) is 49.6 Å². The number of hydrogen-bond donors (Lipinski definition) is 1. The predicted molar refractivity (Wildman–Crippen MR) is 80.4 cm³/mol. The van der Waals surface area contributed by atoms with Crippen LogP contribution in [0.5, 0.6) is 0 Å². The summed E-state index contributed by atoms with van der Waals surface area (Å²) in [4.78, 5) is 24.8. The Morgan fingerprint density at radius 2 is 1.95 bits per heavy atom. The van der Waals surface area contributed by atoms with Gasteiger partial charge in [-0.15, -0.1) is 11.3 Å². The average molecular weight is 333 g/mol. The van der Waals surface area contributed by atoms with Crippen molar-refractivity contribution >= 4 is 33.1 Å². The van der Waals surface area contributed by atoms with E-state index in [2.05, 4.69) is 0 Å². The van der Waals surface area contributed by atoms with Crippen LogP contribution in [0.3, 0.4) is 0 Å². The van der Waals surface area contributed by atoms with Crippen LogP contribution in [0, 0.1) is 5.92 Å². The third-order valence-corrected chi connectivity index (χ3v) is 5.52. The van der Waals surface area contributed by atoms with Gasteiger partial charge in [-0.1, -0.05) is 13.8 Å². The van der Waals surface area contributed by atoms with Crippen molar-refractivity contribution in [3.8, 4) is 0 Å². The zero-order chi connectivity index (χ0) is 16.2. The first kappa shape index (κ1) is 17.6. The van der Waals surface area contributed by atoms with E-state index in [9.17, 15) is 18.0 Å². The average Bonchev–Trinajstić information content (AvgIpc) is 2.82. The number of carboxylic acid groups (broad SMARTS) is 1. The number of carbonyl (C=O) groups excluding carboxylic acids is 1. The van der Waals surface area contributed by atoms with E-state index in [1.165, 1.54) is 17.0 Å². The summed E-state index contributed by atoms with van der Waals surface area (Å²) in [6.45, 7) is 4.39. The Morgan fingerprint density at radius 1 is 1.33 bits per heavy atom. The van der Waals surface area contributed by atoms with E-state index in [4.69, 9.17) is 5.11 Å². The highest BCUT2D eigenvalue weighted by atomic mass is 32.2. The Labute approximate surface area is 128 Å². The van der Waals surface area contributed by atoms with Gasteiger partial charge in [0.15, 0.2) is 9.84 Å². The van der Waals surface area contributed by atoms with Crippen LogP contribution < -0.4 is 0 Å². The molecule has 0 saturated carbocycles. The minimum atomic E-state index is -3.34. The summed E-state index contributed by atoms with van der Waals surface area (Å²) in [7, 11) is -3.34. The van der Waals surface area contributed by atoms with Gasteiger partial charge in [0, 0.05) is 19.3 Å². The maximum absolute atomic E-state index is 12.4. The molecule has 21 heavy (non-hydrogen) atoms. The number of carboxylic acids is 1. The van der Waals surface area contributed by atoms with Gasteiger partial charge in [-0.05, 0) is 18.1 Å². The number of hydrogen-bond acceptors (Lipinski definition) is 5. The molecule has 1 N–H and O–H groups in total. The maximum atomic E-state index is 12.4. The molecule has 0 atom stereocenters. The van der Waals surface area contributed by atoms with Gasteiger partial charge in [-0.2, -0.15) is 0 Å². The standard InChI is InChI=1S/C13H19NO5S2/c1-9(2)8-14(7-6-11(15)16)13(17)10-4-5-12(20-10)21(3,18)19/h4-5,9H,6-8H2,1-3H3,(H,15,16). The lowest BCUT2D eigenvalue weighted by molar-refractivity contribution is -0.137. The Balaban J connectivity index is 2.93. The fourth-order valence-corrected chi connectivity index (χ4v) is 3.63. The highest BCUT2D eigenvalue weighted by Crippen LogP contribution is 2.23. The van der Waals surface area contributed by atoms with Crippen molar-refractivity contribution in [2.75, 3.05) is 19.3 Å². The first-order chi connectivity index (χ1) is 9.61. The zero-order valence-corrected chi connectivity index (χ0v) is 13.8. The van der Waals surface area contributed by atoms with E-state index in [0.717, 1.165) is 17.6 Å². The molecule has 0 spiro atoms. The smallest absolute Gasteiger partial charge is 0.305 e. The molecule has 0 saturated heterocycles. The lowest BCUT2D eigenvalue weighted by Crippen LogP contribution is -2.35. The number of nitrogens with zero attached hydrogens (tertiary/aromatic N) is 1. The van der Waals surface area contributed by atoms with E-state index < -0.39 is 15.8 Å². The molecule has 0 radical (unpaired) electrons. The van der Waals surface area contributed by atoms with Crippen LogP contribution >= 0.6 is 11.3 Å². The lowest BCUT2D eigenvalue weighted by atomic mass is 10.2. The van der Waals surface area contributed by atoms with Crippen molar-refractivity contribution in [1.29, 1.82) is 0 Å². The van der Waals surface area contributed by atoms with E-state index in [1.54, 1.807) is 0 Å². The highest BCUT2D eigenvalue weighted by molar-refractivity contribution is 7.92. The molecule has 0 unspecified atom stereocenters. The largest absolute Gasteiger partial charge is 0.481 e. The molecule has 118 valence electrons. The molecule has 6 nitrogen and oxygen atoms in total. The van der Waals surface area contributed by atoms with Crippen LogP contribution in [0.1, 0.15) is 29.9 Å². The van der Waals surface area contributed by atoms with Crippen LogP contribution in [0.4, 0.5) is 0 Å². The van der Waals surface area contributed by atoms with E-state index in [1.807, 2.05) is 13.8 Å². The summed E-state index contributed by atoms with van der Waals surface area (Å²) in [5.74, 6) is -1.11. The van der Waals surface area contributed by atoms with Crippen LogP contribution in [0.15, 0.2) is 16.3 Å². The molecule has 0 bridgehead atoms. The van der Waals surface area contributed by atoms with Crippen molar-refractivity contribution in [3.05, 3.63) is 17.0 Å². The van der Waals surface area contributed by atoms with Crippen LogP contribution in [0.25, 0.3) is 0 Å². The molecular weight excluding hydrogens is 314 g/mol. The molecule has 1 amide bonds. The van der Waals surface area contributed by atoms with Gasteiger partial charge in [-0.3, -0.25) is 9.59 Å². The van der Waals surface area contributed by atoms with Crippen molar-refractivity contribution in [2.24, 2.45) is 5.92 Å². The number of aliphatic carboxylic acids is 1. The van der Waals surface area contributed by atoms with Crippen molar-refractivity contribution in [2.45, 2.75) is 24.5 Å². The SMILES string of the molecule is CC(C)CN(CCC(=O)O)C(=O)c1ccc(S(C)(=O)=O)s1. The molecule has 1 aromatic heterocycles. The molecule has 0 aliphatic heterocycles. The number of thiophene rings is 1. The normalized spacial score (nSPS) is 11.6. The molecular formula is C13H19NO5S2. The number of carbonyl (C=O) groups is 2. The van der Waals surface area contributed by atoms with Crippen molar-refractivity contribution in [1.82, 2.24) is 4.90 Å². The molecule has 1 heterocycles. The Hall–Kier alpha value is -1.41. The second kappa shape index (κ2) is 7.04. The lowest BCUT2D eigenvalue weighted by Gasteiger charge is -2.23. The fourth-order valence-electron chi connectivity index (χ4n) is 1.74. The van der Waals surface area contributed by atoms with Crippen LogP contribution in [-0.2, 0) is 14.6 Å². The number of amides is 1. The van der Waals surface area contributed by atoms with Crippen molar-refractivity contribution < 1.29 is 23.1 Å². The number of sulfone groups is 1. The van der Waals surface area contributed by atoms with Gasteiger partial charge < -0.3 is 10.0 Å². The Bertz CT molecular complexity index is 618. The summed E-state index contributed by atoms with van der Waals surface area (Å²) >= 11 is 0.911. The van der Waals surface area contributed by atoms with E-state index >= 15 is 0 Å². The minimum Gasteiger partial charge on any atom is -0.481 e. The molecule has 0 fully saturated rings. The second-order valence-corrected chi connectivity index (χ2v) is 8.51. The minimum absolute atomic E-state index is 0.110. The molecule has 0 aliphatic carbocycles. The highest BCUT2D eigenvalue weighted by Gasteiger charge is 2.21. The predicted octanol–water partition coefficient (Wildman–Crippen LogP) is 1.72. The summed E-state index contributed by atoms with van der Waals surface area (Å²) in [6.07, 6.45) is 0.951. The first-order valence-corrected chi connectivity index (χ1v) is 9.13. The molecule has 8 heteroatoms. The van der Waals surface area contributed by atoms with E-state index in [0.29, 0.717) is 11.4 Å². The molecule has 0 aromatic carbocycles. The van der Waals surface area contributed by atoms with Gasteiger partial charge in [-0.25, -0.2) is 8.42 Å². The second-order valence-electron chi connectivity index (χ2n) is 5.18. The van der Waals surface area contributed by atoms with Crippen molar-refractivity contribution in [3.63, 3.8) is 0 Å². The van der Waals surface area contributed by atoms with Crippen LogP contribution in [0.2, 0.25) is 0 Å². The quantitative estimate of drug-likeness (QED) is 0.820. The summed E-state index contributed by atoms with van der Waals surface area (Å²) in [5.41, 5.74) is 0. The summed E-state index contributed by atoms with van der Waals surface area (Å²) in [6, 6.07) is 2.87.